The minimum Gasteiger partial charge on any atom is -0.296 e. The van der Waals surface area contributed by atoms with Crippen molar-refractivity contribution in [2.24, 2.45) is 0 Å². The maximum Gasteiger partial charge on any atom is 0.129 e. The van der Waals surface area contributed by atoms with E-state index in [4.69, 9.17) is 11.6 Å². The highest BCUT2D eigenvalue weighted by Crippen LogP contribution is 2.10. The molecule has 3 heteroatoms. The molecule has 0 N–H and O–H groups in total. The molecule has 0 radical (unpaired) electrons. The summed E-state index contributed by atoms with van der Waals surface area (Å²) in [6, 6.07) is 14.3. The fraction of sp³-hybridized carbons (Fsp3) is 0.267. The zero-order valence-electron chi connectivity index (χ0n) is 10.7. The van der Waals surface area contributed by atoms with Crippen molar-refractivity contribution in [2.45, 2.75) is 20.0 Å². The van der Waals surface area contributed by atoms with Crippen LogP contribution in [0.25, 0.3) is 0 Å². The smallest absolute Gasteiger partial charge is 0.129 e. The highest BCUT2D eigenvalue weighted by atomic mass is 35.5. The van der Waals surface area contributed by atoms with E-state index in [2.05, 4.69) is 48.1 Å². The van der Waals surface area contributed by atoms with Gasteiger partial charge in [0, 0.05) is 13.1 Å². The molecule has 0 bridgehead atoms. The molecular formula is C15H17ClN2. The summed E-state index contributed by atoms with van der Waals surface area (Å²) in [5.74, 6) is 0. The van der Waals surface area contributed by atoms with Crippen LogP contribution in [0.1, 0.15) is 16.8 Å². The lowest BCUT2D eigenvalue weighted by molar-refractivity contribution is 0.315. The number of nitrogens with zero attached hydrogens (tertiary/aromatic N) is 2. The van der Waals surface area contributed by atoms with Crippen LogP contribution < -0.4 is 0 Å². The van der Waals surface area contributed by atoms with Gasteiger partial charge in [-0.3, -0.25) is 4.90 Å². The predicted octanol–water partition coefficient (Wildman–Crippen LogP) is 3.68. The van der Waals surface area contributed by atoms with Crippen molar-refractivity contribution in [3.8, 4) is 0 Å². The van der Waals surface area contributed by atoms with E-state index in [1.54, 1.807) is 6.07 Å². The van der Waals surface area contributed by atoms with E-state index in [-0.39, 0.29) is 0 Å². The van der Waals surface area contributed by atoms with Gasteiger partial charge in [0.25, 0.3) is 0 Å². The molecule has 0 aliphatic rings. The molecule has 0 amide bonds. The molecule has 0 saturated heterocycles. The number of hydrogen-bond acceptors (Lipinski definition) is 2. The Morgan fingerprint density at radius 2 is 1.78 bits per heavy atom. The van der Waals surface area contributed by atoms with Crippen molar-refractivity contribution in [3.63, 3.8) is 0 Å². The molecule has 18 heavy (non-hydrogen) atoms. The third kappa shape index (κ3) is 3.83. The van der Waals surface area contributed by atoms with E-state index in [0.29, 0.717) is 5.15 Å². The summed E-state index contributed by atoms with van der Waals surface area (Å²) in [6.07, 6.45) is 0. The highest BCUT2D eigenvalue weighted by molar-refractivity contribution is 6.29. The van der Waals surface area contributed by atoms with Gasteiger partial charge < -0.3 is 0 Å². The first-order valence-electron chi connectivity index (χ1n) is 5.99. The molecule has 0 fully saturated rings. The molecule has 0 aliphatic carbocycles. The molecule has 2 aromatic rings. The summed E-state index contributed by atoms with van der Waals surface area (Å²) in [7, 11) is 2.09. The maximum absolute atomic E-state index is 5.88. The van der Waals surface area contributed by atoms with E-state index in [1.165, 1.54) is 11.1 Å². The predicted molar refractivity (Wildman–Crippen MR) is 75.6 cm³/mol. The van der Waals surface area contributed by atoms with Crippen molar-refractivity contribution in [2.75, 3.05) is 7.05 Å². The Morgan fingerprint density at radius 1 is 1.06 bits per heavy atom. The van der Waals surface area contributed by atoms with Crippen molar-refractivity contribution >= 4 is 11.6 Å². The second-order valence-electron chi connectivity index (χ2n) is 4.61. The number of pyridine rings is 1. The van der Waals surface area contributed by atoms with Crippen LogP contribution in [0.2, 0.25) is 5.15 Å². The third-order valence-corrected chi connectivity index (χ3v) is 2.99. The average molecular weight is 261 g/mol. The van der Waals surface area contributed by atoms with Crippen LogP contribution in [0, 0.1) is 6.92 Å². The standard InChI is InChI=1S/C15H17ClN2/c1-12-6-8-13(9-7-12)10-18(2)11-14-4-3-5-15(16)17-14/h3-9H,10-11H2,1-2H3. The first-order chi connectivity index (χ1) is 8.63. The zero-order chi connectivity index (χ0) is 13.0. The van der Waals surface area contributed by atoms with Crippen LogP contribution in [0.3, 0.4) is 0 Å². The van der Waals surface area contributed by atoms with E-state index in [1.807, 2.05) is 12.1 Å². The minimum atomic E-state index is 0.552. The van der Waals surface area contributed by atoms with Crippen LogP contribution in [0.15, 0.2) is 42.5 Å². The monoisotopic (exact) mass is 260 g/mol. The molecule has 0 unspecified atom stereocenters. The van der Waals surface area contributed by atoms with E-state index in [9.17, 15) is 0 Å². The van der Waals surface area contributed by atoms with Crippen molar-refractivity contribution in [1.82, 2.24) is 9.88 Å². The quantitative estimate of drug-likeness (QED) is 0.780. The van der Waals surface area contributed by atoms with E-state index in [0.717, 1.165) is 18.8 Å². The van der Waals surface area contributed by atoms with Gasteiger partial charge in [-0.25, -0.2) is 4.98 Å². The van der Waals surface area contributed by atoms with E-state index >= 15 is 0 Å². The number of aromatic nitrogens is 1. The zero-order valence-corrected chi connectivity index (χ0v) is 11.5. The molecular weight excluding hydrogens is 244 g/mol. The number of halogens is 1. The van der Waals surface area contributed by atoms with Crippen molar-refractivity contribution < 1.29 is 0 Å². The molecule has 1 aromatic carbocycles. The van der Waals surface area contributed by atoms with Gasteiger partial charge >= 0.3 is 0 Å². The minimum absolute atomic E-state index is 0.552. The Morgan fingerprint density at radius 3 is 2.44 bits per heavy atom. The van der Waals surface area contributed by atoms with Crippen LogP contribution in [-0.2, 0) is 13.1 Å². The normalized spacial score (nSPS) is 10.9. The molecule has 0 atom stereocenters. The van der Waals surface area contributed by atoms with Gasteiger partial charge in [0.1, 0.15) is 5.15 Å². The van der Waals surface area contributed by atoms with Gasteiger partial charge in [-0.05, 0) is 31.7 Å². The lowest BCUT2D eigenvalue weighted by Gasteiger charge is -2.16. The SMILES string of the molecule is Cc1ccc(CN(C)Cc2cccc(Cl)n2)cc1. The summed E-state index contributed by atoms with van der Waals surface area (Å²) in [5, 5.41) is 0.552. The number of hydrogen-bond donors (Lipinski definition) is 0. The molecule has 0 saturated carbocycles. The lowest BCUT2D eigenvalue weighted by Crippen LogP contribution is -2.17. The topological polar surface area (TPSA) is 16.1 Å². The third-order valence-electron chi connectivity index (χ3n) is 2.78. The lowest BCUT2D eigenvalue weighted by atomic mass is 10.1. The molecule has 1 aromatic heterocycles. The Hall–Kier alpha value is -1.38. The fourth-order valence-electron chi connectivity index (χ4n) is 1.88. The molecule has 0 aliphatic heterocycles. The molecule has 1 heterocycles. The van der Waals surface area contributed by atoms with Gasteiger partial charge in [-0.2, -0.15) is 0 Å². The fourth-order valence-corrected chi connectivity index (χ4v) is 2.06. The largest absolute Gasteiger partial charge is 0.296 e. The summed E-state index contributed by atoms with van der Waals surface area (Å²) in [6.45, 7) is 3.81. The Kier molecular flexibility index (Phi) is 4.34. The summed E-state index contributed by atoms with van der Waals surface area (Å²) in [4.78, 5) is 6.52. The summed E-state index contributed by atoms with van der Waals surface area (Å²) < 4.78 is 0. The number of benzene rings is 1. The van der Waals surface area contributed by atoms with Crippen LogP contribution in [0.4, 0.5) is 0 Å². The highest BCUT2D eigenvalue weighted by Gasteiger charge is 2.03. The Bertz CT molecular complexity index is 508. The maximum atomic E-state index is 5.88. The molecule has 2 nitrogen and oxygen atoms in total. The molecule has 0 spiro atoms. The van der Waals surface area contributed by atoms with Gasteiger partial charge in [-0.15, -0.1) is 0 Å². The summed E-state index contributed by atoms with van der Waals surface area (Å²) >= 11 is 5.88. The summed E-state index contributed by atoms with van der Waals surface area (Å²) in [5.41, 5.74) is 3.60. The van der Waals surface area contributed by atoms with Crippen LogP contribution in [0.5, 0.6) is 0 Å². The van der Waals surface area contributed by atoms with Gasteiger partial charge in [0.05, 0.1) is 5.69 Å². The van der Waals surface area contributed by atoms with Gasteiger partial charge in [0.15, 0.2) is 0 Å². The van der Waals surface area contributed by atoms with Crippen molar-refractivity contribution in [3.05, 3.63) is 64.4 Å². The Labute approximate surface area is 113 Å². The van der Waals surface area contributed by atoms with Gasteiger partial charge in [0.2, 0.25) is 0 Å². The van der Waals surface area contributed by atoms with Crippen molar-refractivity contribution in [1.29, 1.82) is 0 Å². The molecule has 2 rings (SSSR count). The van der Waals surface area contributed by atoms with Crippen LogP contribution in [-0.4, -0.2) is 16.9 Å². The van der Waals surface area contributed by atoms with Gasteiger partial charge in [-0.1, -0.05) is 47.5 Å². The first-order valence-corrected chi connectivity index (χ1v) is 6.37. The second kappa shape index (κ2) is 5.98. The number of aryl methyl sites for hydroxylation is 1. The van der Waals surface area contributed by atoms with E-state index < -0.39 is 0 Å². The second-order valence-corrected chi connectivity index (χ2v) is 5.00. The first kappa shape index (κ1) is 13.1. The molecule has 94 valence electrons. The Balaban J connectivity index is 1.96. The number of rotatable bonds is 4. The average Bonchev–Trinajstić information content (AvgIpc) is 2.32. The van der Waals surface area contributed by atoms with Crippen LogP contribution >= 0.6 is 11.6 Å².